The third-order valence-corrected chi connectivity index (χ3v) is 2.18. The van der Waals surface area contributed by atoms with E-state index in [9.17, 15) is 4.79 Å². The van der Waals surface area contributed by atoms with Gasteiger partial charge in [-0.2, -0.15) is 0 Å². The topological polar surface area (TPSA) is 43.1 Å². The SMILES string of the molecule is CC(=O)[C@H](CN)Cc1ccccc1. The Morgan fingerprint density at radius 3 is 2.46 bits per heavy atom. The van der Waals surface area contributed by atoms with E-state index in [4.69, 9.17) is 5.73 Å². The van der Waals surface area contributed by atoms with E-state index < -0.39 is 0 Å². The van der Waals surface area contributed by atoms with E-state index in [0.29, 0.717) is 6.54 Å². The number of benzene rings is 1. The summed E-state index contributed by atoms with van der Waals surface area (Å²) in [6, 6.07) is 9.96. The van der Waals surface area contributed by atoms with Crippen LogP contribution in [-0.2, 0) is 11.2 Å². The fourth-order valence-corrected chi connectivity index (χ4v) is 1.29. The Morgan fingerprint density at radius 2 is 2.00 bits per heavy atom. The van der Waals surface area contributed by atoms with Gasteiger partial charge in [0, 0.05) is 12.5 Å². The van der Waals surface area contributed by atoms with Crippen LogP contribution in [0.5, 0.6) is 0 Å². The van der Waals surface area contributed by atoms with Crippen LogP contribution in [0.2, 0.25) is 0 Å². The molecule has 1 atom stereocenters. The van der Waals surface area contributed by atoms with Gasteiger partial charge in [-0.1, -0.05) is 30.3 Å². The Labute approximate surface area is 78.8 Å². The van der Waals surface area contributed by atoms with Crippen LogP contribution in [0.25, 0.3) is 0 Å². The van der Waals surface area contributed by atoms with E-state index >= 15 is 0 Å². The predicted molar refractivity (Wildman–Crippen MR) is 53.4 cm³/mol. The summed E-state index contributed by atoms with van der Waals surface area (Å²) in [5.41, 5.74) is 6.67. The quantitative estimate of drug-likeness (QED) is 0.755. The Hall–Kier alpha value is -1.15. The van der Waals surface area contributed by atoms with E-state index in [-0.39, 0.29) is 11.7 Å². The Kier molecular flexibility index (Phi) is 3.65. The summed E-state index contributed by atoms with van der Waals surface area (Å²) in [6.07, 6.45) is 0.757. The molecule has 2 N–H and O–H groups in total. The lowest BCUT2D eigenvalue weighted by molar-refractivity contribution is -0.120. The molecule has 0 aliphatic rings. The number of nitrogens with two attached hydrogens (primary N) is 1. The second kappa shape index (κ2) is 4.77. The van der Waals surface area contributed by atoms with Gasteiger partial charge in [-0.05, 0) is 18.9 Å². The molecule has 0 saturated carbocycles. The van der Waals surface area contributed by atoms with Crippen LogP contribution >= 0.6 is 0 Å². The minimum Gasteiger partial charge on any atom is -0.330 e. The number of carbonyl (C=O) groups is 1. The van der Waals surface area contributed by atoms with Crippen molar-refractivity contribution in [2.45, 2.75) is 13.3 Å². The van der Waals surface area contributed by atoms with Crippen molar-refractivity contribution < 1.29 is 4.79 Å². The average Bonchev–Trinajstić information content (AvgIpc) is 2.15. The van der Waals surface area contributed by atoms with E-state index in [1.54, 1.807) is 6.92 Å². The van der Waals surface area contributed by atoms with Crippen molar-refractivity contribution in [2.75, 3.05) is 6.54 Å². The molecule has 0 bridgehead atoms. The summed E-state index contributed by atoms with van der Waals surface area (Å²) in [6.45, 7) is 2.03. The van der Waals surface area contributed by atoms with Crippen LogP contribution in [0.15, 0.2) is 30.3 Å². The molecular weight excluding hydrogens is 162 g/mol. The molecule has 0 spiro atoms. The van der Waals surface area contributed by atoms with Gasteiger partial charge in [0.05, 0.1) is 0 Å². The van der Waals surface area contributed by atoms with Crippen molar-refractivity contribution in [3.05, 3.63) is 35.9 Å². The first kappa shape index (κ1) is 9.93. The molecule has 0 aliphatic heterocycles. The van der Waals surface area contributed by atoms with E-state index in [1.165, 1.54) is 5.56 Å². The Bertz CT molecular complexity index is 269. The van der Waals surface area contributed by atoms with Gasteiger partial charge in [-0.3, -0.25) is 4.79 Å². The zero-order chi connectivity index (χ0) is 9.68. The zero-order valence-electron chi connectivity index (χ0n) is 7.86. The van der Waals surface area contributed by atoms with Crippen LogP contribution in [0.4, 0.5) is 0 Å². The number of hydrogen-bond donors (Lipinski definition) is 1. The molecule has 1 rings (SSSR count). The summed E-state index contributed by atoms with van der Waals surface area (Å²) < 4.78 is 0. The first-order valence-electron chi connectivity index (χ1n) is 4.48. The van der Waals surface area contributed by atoms with Crippen LogP contribution in [-0.4, -0.2) is 12.3 Å². The first-order chi connectivity index (χ1) is 6.24. The highest BCUT2D eigenvalue weighted by Crippen LogP contribution is 2.08. The maximum atomic E-state index is 11.1. The molecule has 13 heavy (non-hydrogen) atoms. The number of rotatable bonds is 4. The molecule has 2 heteroatoms. The Balaban J connectivity index is 2.62. The number of Topliss-reactive ketones (excluding diaryl/α,β-unsaturated/α-hetero) is 1. The van der Waals surface area contributed by atoms with Gasteiger partial charge in [0.2, 0.25) is 0 Å². The van der Waals surface area contributed by atoms with Crippen LogP contribution in [0.1, 0.15) is 12.5 Å². The minimum absolute atomic E-state index is 0.0256. The van der Waals surface area contributed by atoms with Crippen molar-refractivity contribution >= 4 is 5.78 Å². The molecule has 0 unspecified atom stereocenters. The van der Waals surface area contributed by atoms with Gasteiger partial charge in [0.15, 0.2) is 0 Å². The highest BCUT2D eigenvalue weighted by atomic mass is 16.1. The molecule has 0 aliphatic carbocycles. The second-order valence-corrected chi connectivity index (χ2v) is 3.23. The monoisotopic (exact) mass is 177 g/mol. The van der Waals surface area contributed by atoms with Crippen molar-refractivity contribution in [3.8, 4) is 0 Å². The van der Waals surface area contributed by atoms with E-state index in [0.717, 1.165) is 6.42 Å². The smallest absolute Gasteiger partial charge is 0.134 e. The maximum Gasteiger partial charge on any atom is 0.134 e. The summed E-state index contributed by atoms with van der Waals surface area (Å²) in [5, 5.41) is 0. The molecule has 1 aromatic rings. The van der Waals surface area contributed by atoms with E-state index in [2.05, 4.69) is 0 Å². The van der Waals surface area contributed by atoms with Gasteiger partial charge in [0.1, 0.15) is 5.78 Å². The highest BCUT2D eigenvalue weighted by molar-refractivity contribution is 5.78. The second-order valence-electron chi connectivity index (χ2n) is 3.23. The first-order valence-corrected chi connectivity index (χ1v) is 4.48. The van der Waals surface area contributed by atoms with Gasteiger partial charge in [0.25, 0.3) is 0 Å². The standard InChI is InChI=1S/C11H15NO/c1-9(13)11(8-12)7-10-5-3-2-4-6-10/h2-6,11H,7-8,12H2,1H3/t11-/m0/s1. The lowest BCUT2D eigenvalue weighted by Crippen LogP contribution is -2.23. The molecular formula is C11H15NO. The highest BCUT2D eigenvalue weighted by Gasteiger charge is 2.11. The minimum atomic E-state index is -0.0256. The fraction of sp³-hybridized carbons (Fsp3) is 0.364. The predicted octanol–water partition coefficient (Wildman–Crippen LogP) is 1.39. The number of ketones is 1. The molecule has 2 nitrogen and oxygen atoms in total. The van der Waals surface area contributed by atoms with Crippen LogP contribution in [0.3, 0.4) is 0 Å². The van der Waals surface area contributed by atoms with Gasteiger partial charge in [-0.15, -0.1) is 0 Å². The largest absolute Gasteiger partial charge is 0.330 e. The molecule has 0 radical (unpaired) electrons. The molecule has 0 heterocycles. The van der Waals surface area contributed by atoms with Gasteiger partial charge in [-0.25, -0.2) is 0 Å². The molecule has 0 aromatic heterocycles. The molecule has 1 aromatic carbocycles. The fourth-order valence-electron chi connectivity index (χ4n) is 1.29. The summed E-state index contributed by atoms with van der Waals surface area (Å²) in [5.74, 6) is 0.147. The third kappa shape index (κ3) is 2.99. The average molecular weight is 177 g/mol. The molecule has 0 saturated heterocycles. The van der Waals surface area contributed by atoms with Crippen molar-refractivity contribution in [3.63, 3.8) is 0 Å². The third-order valence-electron chi connectivity index (χ3n) is 2.18. The van der Waals surface area contributed by atoms with Crippen LogP contribution in [0, 0.1) is 5.92 Å². The summed E-state index contributed by atoms with van der Waals surface area (Å²) in [4.78, 5) is 11.1. The van der Waals surface area contributed by atoms with Crippen molar-refractivity contribution in [2.24, 2.45) is 11.7 Å². The summed E-state index contributed by atoms with van der Waals surface area (Å²) >= 11 is 0. The molecule has 70 valence electrons. The lowest BCUT2D eigenvalue weighted by atomic mass is 9.96. The number of carbonyl (C=O) groups excluding carboxylic acids is 1. The lowest BCUT2D eigenvalue weighted by Gasteiger charge is -2.10. The van der Waals surface area contributed by atoms with Gasteiger partial charge < -0.3 is 5.73 Å². The zero-order valence-corrected chi connectivity index (χ0v) is 7.86. The van der Waals surface area contributed by atoms with E-state index in [1.807, 2.05) is 30.3 Å². The molecule has 0 fully saturated rings. The van der Waals surface area contributed by atoms with Crippen molar-refractivity contribution in [1.82, 2.24) is 0 Å². The maximum absolute atomic E-state index is 11.1. The van der Waals surface area contributed by atoms with Crippen LogP contribution < -0.4 is 5.73 Å². The number of hydrogen-bond acceptors (Lipinski definition) is 2. The van der Waals surface area contributed by atoms with Gasteiger partial charge >= 0.3 is 0 Å². The van der Waals surface area contributed by atoms with Crippen molar-refractivity contribution in [1.29, 1.82) is 0 Å². The summed E-state index contributed by atoms with van der Waals surface area (Å²) in [7, 11) is 0. The molecule has 0 amide bonds. The normalized spacial score (nSPS) is 12.5. The Morgan fingerprint density at radius 1 is 1.38 bits per heavy atom.